The van der Waals surface area contributed by atoms with Crippen LogP contribution in [0.1, 0.15) is 26.8 Å². The van der Waals surface area contributed by atoms with Crippen molar-refractivity contribution in [2.45, 2.75) is 37.8 Å². The fourth-order valence-electron chi connectivity index (χ4n) is 2.24. The number of carbonyl (C=O) groups is 1. The Balaban J connectivity index is 1.87. The van der Waals surface area contributed by atoms with Crippen molar-refractivity contribution in [1.29, 1.82) is 0 Å². The van der Waals surface area contributed by atoms with Gasteiger partial charge in [0.15, 0.2) is 6.10 Å². The van der Waals surface area contributed by atoms with Gasteiger partial charge in [0.1, 0.15) is 5.75 Å². The molecular weight excluding hydrogens is 332 g/mol. The van der Waals surface area contributed by atoms with Crippen molar-refractivity contribution in [3.63, 3.8) is 0 Å². The van der Waals surface area contributed by atoms with Crippen LogP contribution in [-0.2, 0) is 14.8 Å². The summed E-state index contributed by atoms with van der Waals surface area (Å²) < 4.78 is 34.6. The lowest BCUT2D eigenvalue weighted by atomic mass is 10.2. The number of amides is 1. The fourth-order valence-corrected chi connectivity index (χ4v) is 3.30. The van der Waals surface area contributed by atoms with Crippen LogP contribution in [0.4, 0.5) is 11.4 Å². The maximum atomic E-state index is 12.5. The van der Waals surface area contributed by atoms with E-state index in [1.807, 2.05) is 13.8 Å². The Morgan fingerprint density at radius 2 is 2.12 bits per heavy atom. The lowest BCUT2D eigenvalue weighted by molar-refractivity contribution is -0.122. The summed E-state index contributed by atoms with van der Waals surface area (Å²) in [6.45, 7) is 5.51. The van der Waals surface area contributed by atoms with Gasteiger partial charge in [-0.15, -0.1) is 0 Å². The molecule has 0 radical (unpaired) electrons. The maximum absolute atomic E-state index is 12.5. The summed E-state index contributed by atoms with van der Waals surface area (Å²) >= 11 is 0. The van der Waals surface area contributed by atoms with Gasteiger partial charge in [0.05, 0.1) is 22.5 Å². The van der Waals surface area contributed by atoms with Crippen LogP contribution in [0.5, 0.6) is 5.75 Å². The lowest BCUT2D eigenvalue weighted by Gasteiger charge is -2.23. The molecule has 1 aliphatic heterocycles. The molecule has 2 N–H and O–H groups in total. The molecule has 24 heavy (non-hydrogen) atoms. The van der Waals surface area contributed by atoms with Gasteiger partial charge in [-0.3, -0.25) is 14.2 Å². The SMILES string of the molecule is CC(C)n1cc(NS(=O)(=O)c2ccc3c(c2)NC(=O)[C@@H](C)O3)cn1. The Hall–Kier alpha value is -2.55. The van der Waals surface area contributed by atoms with Gasteiger partial charge in [-0.05, 0) is 39.0 Å². The summed E-state index contributed by atoms with van der Waals surface area (Å²) in [5.41, 5.74) is 0.703. The summed E-state index contributed by atoms with van der Waals surface area (Å²) in [6.07, 6.45) is 2.45. The van der Waals surface area contributed by atoms with Crippen LogP contribution < -0.4 is 14.8 Å². The van der Waals surface area contributed by atoms with Gasteiger partial charge in [-0.1, -0.05) is 0 Å². The summed E-state index contributed by atoms with van der Waals surface area (Å²) in [5.74, 6) is 0.122. The topological polar surface area (TPSA) is 102 Å². The predicted molar refractivity (Wildman–Crippen MR) is 88.6 cm³/mol. The van der Waals surface area contributed by atoms with E-state index in [0.717, 1.165) is 0 Å². The van der Waals surface area contributed by atoms with Crippen molar-refractivity contribution in [3.8, 4) is 5.75 Å². The molecule has 9 heteroatoms. The molecule has 1 aromatic carbocycles. The molecule has 8 nitrogen and oxygen atoms in total. The van der Waals surface area contributed by atoms with E-state index in [1.54, 1.807) is 17.8 Å². The number of carbonyl (C=O) groups excluding carboxylic acids is 1. The standard InChI is InChI=1S/C15H18N4O4S/c1-9(2)19-8-11(7-16-19)18-24(21,22)12-4-5-14-13(6-12)17-15(20)10(3)23-14/h4-10,18H,1-3H3,(H,17,20)/t10-/m1/s1. The number of anilines is 2. The number of fused-ring (bicyclic) bond motifs is 1. The summed E-state index contributed by atoms with van der Waals surface area (Å²) in [5, 5.41) is 6.73. The molecule has 0 saturated heterocycles. The summed E-state index contributed by atoms with van der Waals surface area (Å²) in [4.78, 5) is 11.7. The second kappa shape index (κ2) is 5.82. The Morgan fingerprint density at radius 1 is 1.38 bits per heavy atom. The van der Waals surface area contributed by atoms with Gasteiger partial charge in [0, 0.05) is 12.2 Å². The number of sulfonamides is 1. The fraction of sp³-hybridized carbons (Fsp3) is 0.333. The number of hydrogen-bond donors (Lipinski definition) is 2. The summed E-state index contributed by atoms with van der Waals surface area (Å²) in [6, 6.07) is 4.45. The average Bonchev–Trinajstić information content (AvgIpc) is 2.96. The molecule has 0 spiro atoms. The highest BCUT2D eigenvalue weighted by atomic mass is 32.2. The van der Waals surface area contributed by atoms with E-state index >= 15 is 0 Å². The molecule has 1 amide bonds. The third-order valence-corrected chi connectivity index (χ3v) is 4.95. The lowest BCUT2D eigenvalue weighted by Crippen LogP contribution is -2.34. The monoisotopic (exact) mass is 350 g/mol. The number of nitrogens with one attached hydrogen (secondary N) is 2. The molecule has 1 atom stereocenters. The van der Waals surface area contributed by atoms with Crippen molar-refractivity contribution in [3.05, 3.63) is 30.6 Å². The first-order chi connectivity index (χ1) is 11.3. The largest absolute Gasteiger partial charge is 0.479 e. The number of benzene rings is 1. The molecular formula is C15H18N4O4S. The molecule has 3 rings (SSSR count). The van der Waals surface area contributed by atoms with Crippen molar-refractivity contribution < 1.29 is 17.9 Å². The maximum Gasteiger partial charge on any atom is 0.265 e. The molecule has 0 fully saturated rings. The number of aromatic nitrogens is 2. The van der Waals surface area contributed by atoms with Crippen LogP contribution in [0.15, 0.2) is 35.5 Å². The summed E-state index contributed by atoms with van der Waals surface area (Å²) in [7, 11) is -3.80. The van der Waals surface area contributed by atoms with Crippen LogP contribution in [0.25, 0.3) is 0 Å². The second-order valence-corrected chi connectivity index (χ2v) is 7.50. The smallest absolute Gasteiger partial charge is 0.265 e. The third-order valence-electron chi connectivity index (χ3n) is 3.57. The quantitative estimate of drug-likeness (QED) is 0.878. The molecule has 1 aliphatic rings. The van der Waals surface area contributed by atoms with Crippen molar-refractivity contribution in [1.82, 2.24) is 9.78 Å². The van der Waals surface area contributed by atoms with Gasteiger partial charge in [0.25, 0.3) is 15.9 Å². The normalized spacial score (nSPS) is 17.2. The zero-order valence-corrected chi connectivity index (χ0v) is 14.3. The van der Waals surface area contributed by atoms with E-state index in [1.165, 1.54) is 24.4 Å². The van der Waals surface area contributed by atoms with E-state index in [4.69, 9.17) is 4.74 Å². The first-order valence-electron chi connectivity index (χ1n) is 7.45. The highest BCUT2D eigenvalue weighted by Crippen LogP contribution is 2.32. The van der Waals surface area contributed by atoms with Gasteiger partial charge in [-0.25, -0.2) is 8.42 Å². The number of ether oxygens (including phenoxy) is 1. The van der Waals surface area contributed by atoms with Crippen LogP contribution >= 0.6 is 0 Å². The van der Waals surface area contributed by atoms with Gasteiger partial charge in [-0.2, -0.15) is 5.10 Å². The van der Waals surface area contributed by atoms with Crippen LogP contribution in [-0.4, -0.2) is 30.2 Å². The first-order valence-corrected chi connectivity index (χ1v) is 8.93. The molecule has 128 valence electrons. The minimum atomic E-state index is -3.80. The third kappa shape index (κ3) is 3.07. The molecule has 0 bridgehead atoms. The number of nitrogens with zero attached hydrogens (tertiary/aromatic N) is 2. The number of hydrogen-bond acceptors (Lipinski definition) is 5. The first kappa shape index (κ1) is 16.3. The zero-order chi connectivity index (χ0) is 17.5. The van der Waals surface area contributed by atoms with Crippen molar-refractivity contribution >= 4 is 27.3 Å². The minimum absolute atomic E-state index is 0.0250. The Labute approximate surface area is 139 Å². The molecule has 0 unspecified atom stereocenters. The molecule has 0 aliphatic carbocycles. The van der Waals surface area contributed by atoms with E-state index in [0.29, 0.717) is 17.1 Å². The molecule has 1 aromatic heterocycles. The van der Waals surface area contributed by atoms with Crippen molar-refractivity contribution in [2.24, 2.45) is 0 Å². The van der Waals surface area contributed by atoms with E-state index < -0.39 is 16.1 Å². The van der Waals surface area contributed by atoms with Crippen LogP contribution in [0.3, 0.4) is 0 Å². The number of rotatable bonds is 4. The van der Waals surface area contributed by atoms with Gasteiger partial charge < -0.3 is 10.1 Å². The Kier molecular flexibility index (Phi) is 3.96. The molecule has 0 saturated carbocycles. The molecule has 2 heterocycles. The Morgan fingerprint density at radius 3 is 2.79 bits per heavy atom. The van der Waals surface area contributed by atoms with Crippen LogP contribution in [0, 0.1) is 0 Å². The Bertz CT molecular complexity index is 889. The van der Waals surface area contributed by atoms with E-state index in [-0.39, 0.29) is 16.8 Å². The zero-order valence-electron chi connectivity index (χ0n) is 13.5. The second-order valence-electron chi connectivity index (χ2n) is 5.82. The molecule has 2 aromatic rings. The van der Waals surface area contributed by atoms with Gasteiger partial charge >= 0.3 is 0 Å². The highest BCUT2D eigenvalue weighted by molar-refractivity contribution is 7.92. The van der Waals surface area contributed by atoms with Crippen molar-refractivity contribution in [2.75, 3.05) is 10.0 Å². The van der Waals surface area contributed by atoms with E-state index in [9.17, 15) is 13.2 Å². The van der Waals surface area contributed by atoms with Gasteiger partial charge in [0.2, 0.25) is 0 Å². The predicted octanol–water partition coefficient (Wildman–Crippen LogP) is 1.98. The van der Waals surface area contributed by atoms with E-state index in [2.05, 4.69) is 15.1 Å². The van der Waals surface area contributed by atoms with Crippen LogP contribution in [0.2, 0.25) is 0 Å². The average molecular weight is 350 g/mol. The highest BCUT2D eigenvalue weighted by Gasteiger charge is 2.25. The minimum Gasteiger partial charge on any atom is -0.479 e.